The van der Waals surface area contributed by atoms with E-state index in [1.165, 1.54) is 13.0 Å². The van der Waals surface area contributed by atoms with Crippen LogP contribution in [0.15, 0.2) is 18.2 Å². The number of halogens is 1. The van der Waals surface area contributed by atoms with Gasteiger partial charge in [0.2, 0.25) is 0 Å². The molecule has 1 heterocycles. The van der Waals surface area contributed by atoms with Crippen molar-refractivity contribution in [3.8, 4) is 0 Å². The maximum atomic E-state index is 13.4. The van der Waals surface area contributed by atoms with Crippen LogP contribution >= 0.6 is 0 Å². The molecule has 0 radical (unpaired) electrons. The molecule has 2 rings (SSSR count). The van der Waals surface area contributed by atoms with Gasteiger partial charge in [-0.2, -0.15) is 0 Å². The smallest absolute Gasteiger partial charge is 0.175 e. The van der Waals surface area contributed by atoms with Crippen molar-refractivity contribution in [2.24, 2.45) is 0 Å². The molecule has 0 bridgehead atoms. The third-order valence-electron chi connectivity index (χ3n) is 2.59. The molecular weight excluding hydrogens is 193 g/mol. The van der Waals surface area contributed by atoms with Gasteiger partial charge < -0.3 is 4.98 Å². The molecule has 2 nitrogen and oxygen atoms in total. The zero-order chi connectivity index (χ0) is 11.0. The maximum Gasteiger partial charge on any atom is 0.175 e. The molecule has 1 aromatic carbocycles. The van der Waals surface area contributed by atoms with E-state index in [2.05, 4.69) is 4.98 Å². The molecule has 0 atom stereocenters. The number of aromatic nitrogens is 1. The molecular formula is C12H12FNO. The third kappa shape index (κ3) is 1.54. The molecule has 0 spiro atoms. The van der Waals surface area contributed by atoms with Crippen molar-refractivity contribution < 1.29 is 9.18 Å². The minimum atomic E-state index is -0.209. The SMILES string of the molecule is CCc1c(F)ccc2[nH]c(C(C)=O)cc12. The van der Waals surface area contributed by atoms with Crippen LogP contribution in [0.4, 0.5) is 4.39 Å². The lowest BCUT2D eigenvalue weighted by Crippen LogP contribution is -1.89. The summed E-state index contributed by atoms with van der Waals surface area (Å²) in [6.45, 7) is 3.39. The molecule has 2 aromatic rings. The number of nitrogens with one attached hydrogen (secondary N) is 1. The Labute approximate surface area is 87.1 Å². The number of carbonyl (C=O) groups excluding carboxylic acids is 1. The summed E-state index contributed by atoms with van der Waals surface area (Å²) in [5, 5.41) is 0.808. The van der Waals surface area contributed by atoms with Gasteiger partial charge in [-0.3, -0.25) is 4.79 Å². The number of fused-ring (bicyclic) bond motifs is 1. The fourth-order valence-corrected chi connectivity index (χ4v) is 1.79. The van der Waals surface area contributed by atoms with E-state index in [1.54, 1.807) is 12.1 Å². The number of benzene rings is 1. The lowest BCUT2D eigenvalue weighted by atomic mass is 10.1. The second kappa shape index (κ2) is 3.50. The Hall–Kier alpha value is -1.64. The molecule has 1 N–H and O–H groups in total. The van der Waals surface area contributed by atoms with E-state index in [4.69, 9.17) is 0 Å². The van der Waals surface area contributed by atoms with Gasteiger partial charge in [-0.15, -0.1) is 0 Å². The standard InChI is InChI=1S/C12H12FNO/c1-3-8-9-6-12(7(2)15)14-11(9)5-4-10(8)13/h4-6,14H,3H2,1-2H3. The Kier molecular flexibility index (Phi) is 2.31. The number of Topliss-reactive ketones (excluding diaryl/α,β-unsaturated/α-hetero) is 1. The highest BCUT2D eigenvalue weighted by atomic mass is 19.1. The van der Waals surface area contributed by atoms with Gasteiger partial charge in [-0.05, 0) is 30.2 Å². The first-order valence-corrected chi connectivity index (χ1v) is 4.94. The Morgan fingerprint density at radius 2 is 2.20 bits per heavy atom. The Bertz CT molecular complexity index is 528. The van der Waals surface area contributed by atoms with Crippen molar-refractivity contribution in [2.75, 3.05) is 0 Å². The van der Waals surface area contributed by atoms with E-state index >= 15 is 0 Å². The average molecular weight is 205 g/mol. The molecule has 78 valence electrons. The van der Waals surface area contributed by atoms with E-state index < -0.39 is 0 Å². The largest absolute Gasteiger partial charge is 0.352 e. The highest BCUT2D eigenvalue weighted by Crippen LogP contribution is 2.23. The van der Waals surface area contributed by atoms with E-state index in [9.17, 15) is 9.18 Å². The van der Waals surface area contributed by atoms with Crippen molar-refractivity contribution in [1.82, 2.24) is 4.98 Å². The summed E-state index contributed by atoms with van der Waals surface area (Å²) in [6.07, 6.45) is 0.623. The first-order valence-electron chi connectivity index (χ1n) is 4.94. The second-order valence-corrected chi connectivity index (χ2v) is 3.58. The fraction of sp³-hybridized carbons (Fsp3) is 0.250. The lowest BCUT2D eigenvalue weighted by Gasteiger charge is -2.00. The minimum Gasteiger partial charge on any atom is -0.352 e. The Balaban J connectivity index is 2.75. The van der Waals surface area contributed by atoms with Crippen LogP contribution in [0.2, 0.25) is 0 Å². The van der Waals surface area contributed by atoms with Crippen LogP contribution in [0, 0.1) is 5.82 Å². The van der Waals surface area contributed by atoms with Crippen LogP contribution in [0.3, 0.4) is 0 Å². The zero-order valence-electron chi connectivity index (χ0n) is 8.73. The molecule has 0 saturated carbocycles. The number of ketones is 1. The summed E-state index contributed by atoms with van der Waals surface area (Å²) in [6, 6.07) is 4.82. The van der Waals surface area contributed by atoms with Gasteiger partial charge in [0.1, 0.15) is 5.82 Å². The fourth-order valence-electron chi connectivity index (χ4n) is 1.79. The monoisotopic (exact) mass is 205 g/mol. The van der Waals surface area contributed by atoms with E-state index in [0.717, 1.165) is 10.9 Å². The molecule has 0 aliphatic rings. The molecule has 15 heavy (non-hydrogen) atoms. The lowest BCUT2D eigenvalue weighted by molar-refractivity contribution is 0.101. The van der Waals surface area contributed by atoms with Crippen LogP contribution in [0.5, 0.6) is 0 Å². The zero-order valence-corrected chi connectivity index (χ0v) is 8.73. The van der Waals surface area contributed by atoms with Gasteiger partial charge >= 0.3 is 0 Å². The van der Waals surface area contributed by atoms with Crippen LogP contribution in [0.25, 0.3) is 10.9 Å². The predicted molar refractivity (Wildman–Crippen MR) is 57.6 cm³/mol. The molecule has 0 unspecified atom stereocenters. The Morgan fingerprint density at radius 1 is 1.47 bits per heavy atom. The molecule has 0 fully saturated rings. The van der Waals surface area contributed by atoms with Crippen LogP contribution in [-0.2, 0) is 6.42 Å². The third-order valence-corrected chi connectivity index (χ3v) is 2.59. The first-order chi connectivity index (χ1) is 7.13. The van der Waals surface area contributed by atoms with Crippen LogP contribution in [-0.4, -0.2) is 10.8 Å². The Morgan fingerprint density at radius 3 is 2.80 bits per heavy atom. The highest BCUT2D eigenvalue weighted by Gasteiger charge is 2.10. The summed E-state index contributed by atoms with van der Waals surface area (Å²) in [5.41, 5.74) is 2.01. The van der Waals surface area contributed by atoms with Crippen molar-refractivity contribution in [2.45, 2.75) is 20.3 Å². The van der Waals surface area contributed by atoms with Gasteiger partial charge in [-0.1, -0.05) is 6.92 Å². The predicted octanol–water partition coefficient (Wildman–Crippen LogP) is 3.07. The number of rotatable bonds is 2. The topological polar surface area (TPSA) is 32.9 Å². The summed E-state index contributed by atoms with van der Waals surface area (Å²) in [7, 11) is 0. The van der Waals surface area contributed by atoms with Gasteiger partial charge in [0.15, 0.2) is 5.78 Å². The number of hydrogen-bond donors (Lipinski definition) is 1. The van der Waals surface area contributed by atoms with Gasteiger partial charge in [0, 0.05) is 17.8 Å². The summed E-state index contributed by atoms with van der Waals surface area (Å²) >= 11 is 0. The van der Waals surface area contributed by atoms with E-state index in [-0.39, 0.29) is 11.6 Å². The molecule has 1 aromatic heterocycles. The summed E-state index contributed by atoms with van der Waals surface area (Å²) < 4.78 is 13.4. The molecule has 3 heteroatoms. The van der Waals surface area contributed by atoms with Crippen LogP contribution in [0.1, 0.15) is 29.9 Å². The van der Waals surface area contributed by atoms with E-state index in [0.29, 0.717) is 17.7 Å². The van der Waals surface area contributed by atoms with E-state index in [1.807, 2.05) is 6.92 Å². The molecule has 0 saturated heterocycles. The highest BCUT2D eigenvalue weighted by molar-refractivity contribution is 5.98. The minimum absolute atomic E-state index is 0.0336. The van der Waals surface area contributed by atoms with Crippen molar-refractivity contribution in [3.63, 3.8) is 0 Å². The van der Waals surface area contributed by atoms with Crippen molar-refractivity contribution in [1.29, 1.82) is 0 Å². The molecule has 0 amide bonds. The van der Waals surface area contributed by atoms with Crippen molar-refractivity contribution >= 4 is 16.7 Å². The van der Waals surface area contributed by atoms with Crippen molar-refractivity contribution in [3.05, 3.63) is 35.3 Å². The number of aryl methyl sites for hydroxylation is 1. The number of carbonyl (C=O) groups is 1. The van der Waals surface area contributed by atoms with Gasteiger partial charge in [0.05, 0.1) is 5.69 Å². The molecule has 0 aliphatic heterocycles. The van der Waals surface area contributed by atoms with Gasteiger partial charge in [0.25, 0.3) is 0 Å². The summed E-state index contributed by atoms with van der Waals surface area (Å²) in [5.74, 6) is -0.243. The van der Waals surface area contributed by atoms with Gasteiger partial charge in [-0.25, -0.2) is 4.39 Å². The summed E-state index contributed by atoms with van der Waals surface area (Å²) in [4.78, 5) is 14.2. The first kappa shape index (κ1) is 9.90. The second-order valence-electron chi connectivity index (χ2n) is 3.58. The maximum absolute atomic E-state index is 13.4. The normalized spacial score (nSPS) is 10.9. The number of aromatic amines is 1. The molecule has 0 aliphatic carbocycles. The number of H-pyrrole nitrogens is 1. The number of hydrogen-bond acceptors (Lipinski definition) is 1. The van der Waals surface area contributed by atoms with Crippen LogP contribution < -0.4 is 0 Å². The average Bonchev–Trinajstić information content (AvgIpc) is 2.61. The quantitative estimate of drug-likeness (QED) is 0.751.